The Hall–Kier alpha value is -1.20. The number of nitrogens with two attached hydrogens (primary N) is 1. The maximum Gasteiger partial charge on any atom is 0.225 e. The molecule has 2 heterocycles. The van der Waals surface area contributed by atoms with Gasteiger partial charge >= 0.3 is 0 Å². The van der Waals surface area contributed by atoms with E-state index in [-0.39, 0.29) is 5.54 Å². The predicted molar refractivity (Wildman–Crippen MR) is 87.3 cm³/mol. The number of hydrogen-bond acceptors (Lipinski definition) is 5. The van der Waals surface area contributed by atoms with Crippen molar-refractivity contribution in [2.75, 3.05) is 37.6 Å². The Labute approximate surface area is 128 Å². The molecule has 21 heavy (non-hydrogen) atoms. The molecule has 1 aromatic heterocycles. The van der Waals surface area contributed by atoms with Gasteiger partial charge in [0.1, 0.15) is 0 Å². The van der Waals surface area contributed by atoms with Crippen molar-refractivity contribution >= 4 is 5.95 Å². The van der Waals surface area contributed by atoms with E-state index in [2.05, 4.69) is 40.5 Å². The molecule has 1 fully saturated rings. The van der Waals surface area contributed by atoms with Crippen LogP contribution in [0.15, 0.2) is 18.5 Å². The van der Waals surface area contributed by atoms with Crippen molar-refractivity contribution in [2.24, 2.45) is 11.7 Å². The van der Waals surface area contributed by atoms with Crippen LogP contribution < -0.4 is 10.6 Å². The average Bonchev–Trinajstić information content (AvgIpc) is 2.53. The van der Waals surface area contributed by atoms with Gasteiger partial charge in [-0.25, -0.2) is 9.97 Å². The molecular formula is C16H29N5. The van der Waals surface area contributed by atoms with Crippen LogP contribution in [0.3, 0.4) is 0 Å². The van der Waals surface area contributed by atoms with Crippen LogP contribution in [0, 0.1) is 5.92 Å². The fraction of sp³-hybridized carbons (Fsp3) is 0.750. The van der Waals surface area contributed by atoms with Crippen molar-refractivity contribution in [3.8, 4) is 0 Å². The van der Waals surface area contributed by atoms with Gasteiger partial charge in [0, 0.05) is 50.7 Å². The summed E-state index contributed by atoms with van der Waals surface area (Å²) in [5.41, 5.74) is 6.21. The largest absolute Gasteiger partial charge is 0.338 e. The normalized spacial score (nSPS) is 19.8. The van der Waals surface area contributed by atoms with Gasteiger partial charge in [-0.1, -0.05) is 13.8 Å². The van der Waals surface area contributed by atoms with Crippen molar-refractivity contribution < 1.29 is 0 Å². The third kappa shape index (κ3) is 4.14. The zero-order valence-corrected chi connectivity index (χ0v) is 13.6. The van der Waals surface area contributed by atoms with Crippen LogP contribution in [-0.4, -0.2) is 53.1 Å². The van der Waals surface area contributed by atoms with E-state index >= 15 is 0 Å². The molecule has 0 aliphatic carbocycles. The standard InChI is InChI=1S/C16H29N5/c1-14(2)5-6-16(3,13-17)21-11-9-20(10-12-21)15-18-7-4-8-19-15/h4,7-8,14H,5-6,9-13,17H2,1-3H3. The Morgan fingerprint density at radius 2 is 1.81 bits per heavy atom. The van der Waals surface area contributed by atoms with Crippen LogP contribution in [0.5, 0.6) is 0 Å². The zero-order valence-electron chi connectivity index (χ0n) is 13.6. The van der Waals surface area contributed by atoms with Crippen molar-refractivity contribution in [2.45, 2.75) is 39.2 Å². The van der Waals surface area contributed by atoms with Gasteiger partial charge in [0.05, 0.1) is 0 Å². The molecule has 1 aliphatic rings. The van der Waals surface area contributed by atoms with Gasteiger partial charge in [-0.15, -0.1) is 0 Å². The van der Waals surface area contributed by atoms with Gasteiger partial charge in [-0.3, -0.25) is 4.90 Å². The van der Waals surface area contributed by atoms with E-state index in [4.69, 9.17) is 5.73 Å². The van der Waals surface area contributed by atoms with E-state index in [0.29, 0.717) is 0 Å². The molecule has 1 unspecified atom stereocenters. The van der Waals surface area contributed by atoms with Crippen LogP contribution in [0.2, 0.25) is 0 Å². The molecule has 2 N–H and O–H groups in total. The fourth-order valence-corrected chi connectivity index (χ4v) is 2.89. The molecule has 5 heteroatoms. The molecule has 0 aromatic carbocycles. The topological polar surface area (TPSA) is 58.3 Å². The summed E-state index contributed by atoms with van der Waals surface area (Å²) in [6.45, 7) is 11.6. The minimum atomic E-state index is 0.119. The number of aromatic nitrogens is 2. The lowest BCUT2D eigenvalue weighted by atomic mass is 9.89. The highest BCUT2D eigenvalue weighted by atomic mass is 15.3. The number of piperazine rings is 1. The lowest BCUT2D eigenvalue weighted by Gasteiger charge is -2.46. The summed E-state index contributed by atoms with van der Waals surface area (Å²) in [7, 11) is 0. The van der Waals surface area contributed by atoms with Gasteiger partial charge in [-0.05, 0) is 31.7 Å². The Morgan fingerprint density at radius 3 is 2.33 bits per heavy atom. The summed E-state index contributed by atoms with van der Waals surface area (Å²) in [6.07, 6.45) is 6.02. The van der Waals surface area contributed by atoms with Gasteiger partial charge in [0.15, 0.2) is 0 Å². The van der Waals surface area contributed by atoms with Gasteiger partial charge < -0.3 is 10.6 Å². The second-order valence-electron chi connectivity index (χ2n) is 6.66. The van der Waals surface area contributed by atoms with Crippen LogP contribution in [0.4, 0.5) is 5.95 Å². The smallest absolute Gasteiger partial charge is 0.225 e. The average molecular weight is 291 g/mol. The van der Waals surface area contributed by atoms with E-state index in [0.717, 1.165) is 44.6 Å². The monoisotopic (exact) mass is 291 g/mol. The predicted octanol–water partition coefficient (Wildman–Crippen LogP) is 1.75. The van der Waals surface area contributed by atoms with Gasteiger partial charge in [0.2, 0.25) is 5.95 Å². The van der Waals surface area contributed by atoms with E-state index in [9.17, 15) is 0 Å². The molecule has 1 saturated heterocycles. The third-order valence-electron chi connectivity index (χ3n) is 4.58. The minimum Gasteiger partial charge on any atom is -0.338 e. The Bertz CT molecular complexity index is 414. The van der Waals surface area contributed by atoms with E-state index in [1.54, 1.807) is 12.4 Å². The second kappa shape index (κ2) is 7.18. The van der Waals surface area contributed by atoms with Gasteiger partial charge in [-0.2, -0.15) is 0 Å². The Morgan fingerprint density at radius 1 is 1.19 bits per heavy atom. The number of rotatable bonds is 6. The lowest BCUT2D eigenvalue weighted by Crippen LogP contribution is -2.59. The molecule has 0 bridgehead atoms. The van der Waals surface area contributed by atoms with E-state index in [1.807, 2.05) is 6.07 Å². The molecule has 2 rings (SSSR count). The Kier molecular flexibility index (Phi) is 5.53. The summed E-state index contributed by atoms with van der Waals surface area (Å²) in [6, 6.07) is 1.86. The van der Waals surface area contributed by atoms with Crippen molar-refractivity contribution in [3.63, 3.8) is 0 Å². The molecule has 0 saturated carbocycles. The van der Waals surface area contributed by atoms with Crippen LogP contribution in [-0.2, 0) is 0 Å². The first-order valence-electron chi connectivity index (χ1n) is 8.02. The van der Waals surface area contributed by atoms with Gasteiger partial charge in [0.25, 0.3) is 0 Å². The van der Waals surface area contributed by atoms with E-state index < -0.39 is 0 Å². The minimum absolute atomic E-state index is 0.119. The highest BCUT2D eigenvalue weighted by Crippen LogP contribution is 2.24. The van der Waals surface area contributed by atoms with Crippen LogP contribution in [0.1, 0.15) is 33.6 Å². The molecule has 5 nitrogen and oxygen atoms in total. The van der Waals surface area contributed by atoms with Crippen molar-refractivity contribution in [1.29, 1.82) is 0 Å². The molecular weight excluding hydrogens is 262 g/mol. The first-order valence-corrected chi connectivity index (χ1v) is 8.02. The fourth-order valence-electron chi connectivity index (χ4n) is 2.89. The quantitative estimate of drug-likeness (QED) is 0.865. The van der Waals surface area contributed by atoms with Crippen LogP contribution >= 0.6 is 0 Å². The van der Waals surface area contributed by atoms with Crippen molar-refractivity contribution in [3.05, 3.63) is 18.5 Å². The first kappa shape index (κ1) is 16.2. The lowest BCUT2D eigenvalue weighted by molar-refractivity contribution is 0.0885. The number of nitrogens with zero attached hydrogens (tertiary/aromatic N) is 4. The zero-order chi connectivity index (χ0) is 15.3. The second-order valence-corrected chi connectivity index (χ2v) is 6.66. The maximum absolute atomic E-state index is 6.09. The molecule has 1 atom stereocenters. The molecule has 0 radical (unpaired) electrons. The highest BCUT2D eigenvalue weighted by Gasteiger charge is 2.33. The molecule has 0 amide bonds. The molecule has 118 valence electrons. The SMILES string of the molecule is CC(C)CCC(C)(CN)N1CCN(c2ncccn2)CC1. The highest BCUT2D eigenvalue weighted by molar-refractivity contribution is 5.29. The number of hydrogen-bond donors (Lipinski definition) is 1. The summed E-state index contributed by atoms with van der Waals surface area (Å²) in [4.78, 5) is 13.5. The third-order valence-corrected chi connectivity index (χ3v) is 4.58. The summed E-state index contributed by atoms with van der Waals surface area (Å²) in [5, 5.41) is 0. The maximum atomic E-state index is 6.09. The number of anilines is 1. The first-order chi connectivity index (χ1) is 10.0. The van der Waals surface area contributed by atoms with E-state index in [1.165, 1.54) is 12.8 Å². The summed E-state index contributed by atoms with van der Waals surface area (Å²) in [5.74, 6) is 1.57. The van der Waals surface area contributed by atoms with Crippen molar-refractivity contribution in [1.82, 2.24) is 14.9 Å². The molecule has 1 aliphatic heterocycles. The molecule has 1 aromatic rings. The summed E-state index contributed by atoms with van der Waals surface area (Å²) >= 11 is 0. The van der Waals surface area contributed by atoms with Crippen LogP contribution in [0.25, 0.3) is 0 Å². The summed E-state index contributed by atoms with van der Waals surface area (Å²) < 4.78 is 0. The molecule has 0 spiro atoms. The Balaban J connectivity index is 1.92.